The first kappa shape index (κ1) is 20.2. The summed E-state index contributed by atoms with van der Waals surface area (Å²) in [4.78, 5) is 35.6. The van der Waals surface area contributed by atoms with Gasteiger partial charge in [0.1, 0.15) is 11.5 Å². The fraction of sp³-hybridized carbons (Fsp3) is 0.125. The number of ether oxygens (including phenoxy) is 3. The fourth-order valence-electron chi connectivity index (χ4n) is 3.04. The molecule has 0 saturated carbocycles. The van der Waals surface area contributed by atoms with Crippen LogP contribution in [0, 0.1) is 0 Å². The monoisotopic (exact) mass is 417 g/mol. The number of rotatable bonds is 7. The van der Waals surface area contributed by atoms with Crippen LogP contribution < -0.4 is 14.8 Å². The van der Waals surface area contributed by atoms with Crippen LogP contribution in [0.2, 0.25) is 0 Å². The molecule has 31 heavy (non-hydrogen) atoms. The minimum absolute atomic E-state index is 0.0626. The smallest absolute Gasteiger partial charge is 0.344 e. The van der Waals surface area contributed by atoms with Crippen LogP contribution in [0.5, 0.6) is 11.5 Å². The maximum atomic E-state index is 12.3. The van der Waals surface area contributed by atoms with E-state index < -0.39 is 18.4 Å². The molecule has 1 aliphatic heterocycles. The van der Waals surface area contributed by atoms with Crippen LogP contribution in [0.3, 0.4) is 0 Å². The van der Waals surface area contributed by atoms with E-state index in [1.165, 1.54) is 6.07 Å². The van der Waals surface area contributed by atoms with Crippen molar-refractivity contribution in [3.05, 3.63) is 78.4 Å². The lowest BCUT2D eigenvalue weighted by Gasteiger charge is -2.18. The Hall–Kier alpha value is -4.13. The Labute approximate surface area is 178 Å². The van der Waals surface area contributed by atoms with Gasteiger partial charge in [-0.25, -0.2) is 4.79 Å². The number of hydrogen-bond donors (Lipinski definition) is 1. The minimum atomic E-state index is -0.657. The van der Waals surface area contributed by atoms with Crippen molar-refractivity contribution in [3.63, 3.8) is 0 Å². The summed E-state index contributed by atoms with van der Waals surface area (Å²) in [6.45, 7) is -0.804. The summed E-state index contributed by atoms with van der Waals surface area (Å²) in [7, 11) is 0. The Morgan fingerprint density at radius 2 is 1.65 bits per heavy atom. The molecule has 3 aromatic carbocycles. The average molecular weight is 417 g/mol. The van der Waals surface area contributed by atoms with E-state index in [9.17, 15) is 14.4 Å². The quantitative estimate of drug-likeness (QED) is 0.468. The highest BCUT2D eigenvalue weighted by Crippen LogP contribution is 2.28. The number of carbonyl (C=O) groups excluding carboxylic acids is 3. The molecule has 1 aliphatic rings. The first-order chi connectivity index (χ1) is 15.1. The Bertz CT molecular complexity index is 1110. The molecule has 0 unspecified atom stereocenters. The summed E-state index contributed by atoms with van der Waals surface area (Å²) in [6, 6.07) is 21.9. The van der Waals surface area contributed by atoms with Crippen LogP contribution in [0.4, 0.5) is 5.69 Å². The Morgan fingerprint density at radius 1 is 0.903 bits per heavy atom. The molecule has 7 heteroatoms. The standard InChI is InChI=1S/C24H19NO6/c26-21(18-8-11-22-20(12-18)25-23(27)14-30-22)13-31-24(28)15-29-19-9-6-17(7-10-19)16-4-2-1-3-5-16/h1-12H,13-15H2,(H,25,27). The molecule has 0 saturated heterocycles. The molecular weight excluding hydrogens is 398 g/mol. The topological polar surface area (TPSA) is 90.9 Å². The third kappa shape index (κ3) is 5.08. The van der Waals surface area contributed by atoms with Crippen LogP contribution in [0.1, 0.15) is 10.4 Å². The predicted octanol–water partition coefficient (Wildman–Crippen LogP) is 3.49. The number of nitrogens with one attached hydrogen (secondary N) is 1. The van der Waals surface area contributed by atoms with Gasteiger partial charge < -0.3 is 19.5 Å². The van der Waals surface area contributed by atoms with Crippen LogP contribution in [-0.4, -0.2) is 37.5 Å². The fourth-order valence-corrected chi connectivity index (χ4v) is 3.04. The van der Waals surface area contributed by atoms with Crippen molar-refractivity contribution in [1.82, 2.24) is 0 Å². The third-order valence-corrected chi connectivity index (χ3v) is 4.62. The van der Waals surface area contributed by atoms with Crippen molar-refractivity contribution in [2.75, 3.05) is 25.1 Å². The molecule has 0 bridgehead atoms. The zero-order chi connectivity index (χ0) is 21.6. The van der Waals surface area contributed by atoms with Crippen molar-refractivity contribution in [3.8, 4) is 22.6 Å². The van der Waals surface area contributed by atoms with Gasteiger partial charge in [0.15, 0.2) is 25.6 Å². The third-order valence-electron chi connectivity index (χ3n) is 4.62. The van der Waals surface area contributed by atoms with E-state index in [4.69, 9.17) is 14.2 Å². The van der Waals surface area contributed by atoms with Crippen LogP contribution in [-0.2, 0) is 14.3 Å². The molecule has 0 radical (unpaired) electrons. The van der Waals surface area contributed by atoms with Crippen molar-refractivity contribution >= 4 is 23.3 Å². The molecule has 0 atom stereocenters. The first-order valence-electron chi connectivity index (χ1n) is 9.62. The molecule has 0 aromatic heterocycles. The number of esters is 1. The lowest BCUT2D eigenvalue weighted by atomic mass is 10.1. The number of Topliss-reactive ketones (excluding diaryl/α,β-unsaturated/α-hetero) is 1. The number of fused-ring (bicyclic) bond motifs is 1. The van der Waals surface area contributed by atoms with E-state index in [0.29, 0.717) is 22.7 Å². The second kappa shape index (κ2) is 9.13. The van der Waals surface area contributed by atoms with Crippen molar-refractivity contribution < 1.29 is 28.6 Å². The van der Waals surface area contributed by atoms with E-state index >= 15 is 0 Å². The zero-order valence-electron chi connectivity index (χ0n) is 16.5. The number of anilines is 1. The molecule has 0 aliphatic carbocycles. The van der Waals surface area contributed by atoms with Crippen LogP contribution in [0.15, 0.2) is 72.8 Å². The van der Waals surface area contributed by atoms with Gasteiger partial charge in [-0.15, -0.1) is 0 Å². The molecule has 3 aromatic rings. The summed E-state index contributed by atoms with van der Waals surface area (Å²) in [5.74, 6) is -0.344. The predicted molar refractivity (Wildman–Crippen MR) is 113 cm³/mol. The van der Waals surface area contributed by atoms with Crippen LogP contribution >= 0.6 is 0 Å². The molecule has 0 fully saturated rings. The largest absolute Gasteiger partial charge is 0.482 e. The Kier molecular flexibility index (Phi) is 5.93. The lowest BCUT2D eigenvalue weighted by molar-refractivity contribution is -0.144. The SMILES string of the molecule is O=C1COc2ccc(C(=O)COC(=O)COc3ccc(-c4ccccc4)cc3)cc2N1. The van der Waals surface area contributed by atoms with Gasteiger partial charge in [0.25, 0.3) is 5.91 Å². The van der Waals surface area contributed by atoms with Crippen molar-refractivity contribution in [2.24, 2.45) is 0 Å². The van der Waals surface area contributed by atoms with Gasteiger partial charge >= 0.3 is 5.97 Å². The number of amides is 1. The van der Waals surface area contributed by atoms with Gasteiger partial charge in [0.2, 0.25) is 0 Å². The van der Waals surface area contributed by atoms with Gasteiger partial charge in [-0.1, -0.05) is 42.5 Å². The second-order valence-electron chi connectivity index (χ2n) is 6.81. The van der Waals surface area contributed by atoms with Gasteiger partial charge in [-0.2, -0.15) is 0 Å². The highest BCUT2D eigenvalue weighted by molar-refractivity contribution is 6.01. The maximum Gasteiger partial charge on any atom is 0.344 e. The van der Waals surface area contributed by atoms with E-state index in [1.54, 1.807) is 24.3 Å². The van der Waals surface area contributed by atoms with Crippen molar-refractivity contribution in [1.29, 1.82) is 0 Å². The van der Waals surface area contributed by atoms with E-state index in [2.05, 4.69) is 5.32 Å². The molecule has 0 spiro atoms. The average Bonchev–Trinajstić information content (AvgIpc) is 2.81. The van der Waals surface area contributed by atoms with E-state index in [1.807, 2.05) is 42.5 Å². The second-order valence-corrected chi connectivity index (χ2v) is 6.81. The zero-order valence-corrected chi connectivity index (χ0v) is 16.5. The molecular formula is C24H19NO6. The number of hydrogen-bond acceptors (Lipinski definition) is 6. The van der Waals surface area contributed by atoms with Gasteiger partial charge in [-0.05, 0) is 41.5 Å². The number of ketones is 1. The van der Waals surface area contributed by atoms with Gasteiger partial charge in [0.05, 0.1) is 5.69 Å². The number of carbonyl (C=O) groups is 3. The van der Waals surface area contributed by atoms with E-state index in [0.717, 1.165) is 11.1 Å². The molecule has 7 nitrogen and oxygen atoms in total. The van der Waals surface area contributed by atoms with Gasteiger partial charge in [0, 0.05) is 5.56 Å². The normalized spacial score (nSPS) is 12.2. The van der Waals surface area contributed by atoms with Gasteiger partial charge in [-0.3, -0.25) is 9.59 Å². The molecule has 1 N–H and O–H groups in total. The van der Waals surface area contributed by atoms with Crippen LogP contribution in [0.25, 0.3) is 11.1 Å². The molecule has 1 heterocycles. The highest BCUT2D eigenvalue weighted by atomic mass is 16.6. The van der Waals surface area contributed by atoms with E-state index in [-0.39, 0.29) is 19.1 Å². The molecule has 1 amide bonds. The summed E-state index contributed by atoms with van der Waals surface area (Å²) < 4.78 is 15.7. The van der Waals surface area contributed by atoms with Crippen molar-refractivity contribution in [2.45, 2.75) is 0 Å². The number of benzene rings is 3. The molecule has 4 rings (SSSR count). The summed E-state index contributed by atoms with van der Waals surface area (Å²) in [6.07, 6.45) is 0. The Morgan fingerprint density at radius 3 is 2.42 bits per heavy atom. The molecule has 156 valence electrons. The summed E-state index contributed by atoms with van der Waals surface area (Å²) in [5, 5.41) is 2.63. The summed E-state index contributed by atoms with van der Waals surface area (Å²) in [5.41, 5.74) is 2.83. The highest BCUT2D eigenvalue weighted by Gasteiger charge is 2.18. The summed E-state index contributed by atoms with van der Waals surface area (Å²) >= 11 is 0. The first-order valence-corrected chi connectivity index (χ1v) is 9.62. The lowest BCUT2D eigenvalue weighted by Crippen LogP contribution is -2.25. The Balaban J connectivity index is 1.26. The minimum Gasteiger partial charge on any atom is -0.482 e. The maximum absolute atomic E-state index is 12.3.